The fourth-order valence-corrected chi connectivity index (χ4v) is 3.47. The van der Waals surface area contributed by atoms with Gasteiger partial charge in [-0.1, -0.05) is 6.07 Å². The lowest BCUT2D eigenvalue weighted by atomic mass is 10.0. The second kappa shape index (κ2) is 6.68. The van der Waals surface area contributed by atoms with E-state index in [9.17, 15) is 18.0 Å². The highest BCUT2D eigenvalue weighted by Gasteiger charge is 2.27. The van der Waals surface area contributed by atoms with E-state index in [1.807, 2.05) is 0 Å². The first-order valence-electron chi connectivity index (χ1n) is 8.56. The van der Waals surface area contributed by atoms with Crippen LogP contribution in [0.15, 0.2) is 36.7 Å². The van der Waals surface area contributed by atoms with Crippen LogP contribution < -0.4 is 0 Å². The molecule has 5 nitrogen and oxygen atoms in total. The summed E-state index contributed by atoms with van der Waals surface area (Å²) >= 11 is 0. The van der Waals surface area contributed by atoms with Crippen molar-refractivity contribution in [2.75, 3.05) is 13.6 Å². The van der Waals surface area contributed by atoms with Gasteiger partial charge in [0.25, 0.3) is 6.43 Å². The van der Waals surface area contributed by atoms with Crippen molar-refractivity contribution in [3.8, 4) is 11.1 Å². The molecule has 27 heavy (non-hydrogen) atoms. The maximum Gasteiger partial charge on any atom is 0.266 e. The Hall–Kier alpha value is -2.90. The maximum absolute atomic E-state index is 13.6. The van der Waals surface area contributed by atoms with E-state index in [4.69, 9.17) is 0 Å². The molecule has 0 saturated carbocycles. The van der Waals surface area contributed by atoms with Crippen molar-refractivity contribution < 1.29 is 18.0 Å². The number of rotatable bonds is 4. The number of benzene rings is 1. The van der Waals surface area contributed by atoms with Crippen molar-refractivity contribution in [1.82, 2.24) is 19.7 Å². The van der Waals surface area contributed by atoms with Gasteiger partial charge in [-0.15, -0.1) is 0 Å². The predicted octanol–water partition coefficient (Wildman–Crippen LogP) is 3.65. The Morgan fingerprint density at radius 2 is 2.04 bits per heavy atom. The van der Waals surface area contributed by atoms with Gasteiger partial charge < -0.3 is 4.90 Å². The molecule has 4 rings (SSSR count). The van der Waals surface area contributed by atoms with Gasteiger partial charge in [0, 0.05) is 44.2 Å². The Balaban J connectivity index is 1.68. The number of fused-ring (bicyclic) bond motifs is 1. The van der Waals surface area contributed by atoms with Gasteiger partial charge in [0.05, 0.1) is 17.3 Å². The first-order valence-corrected chi connectivity index (χ1v) is 8.56. The summed E-state index contributed by atoms with van der Waals surface area (Å²) in [5.41, 5.74) is 1.86. The molecule has 1 saturated heterocycles. The van der Waals surface area contributed by atoms with Gasteiger partial charge in [-0.2, -0.15) is 5.10 Å². The summed E-state index contributed by atoms with van der Waals surface area (Å²) in [7, 11) is 1.78. The fourth-order valence-electron chi connectivity index (χ4n) is 3.47. The van der Waals surface area contributed by atoms with Crippen LogP contribution in [0.2, 0.25) is 0 Å². The summed E-state index contributed by atoms with van der Waals surface area (Å²) in [5.74, 6) is -0.658. The Bertz CT molecular complexity index is 1020. The molecule has 1 aliphatic heterocycles. The zero-order valence-corrected chi connectivity index (χ0v) is 14.6. The summed E-state index contributed by atoms with van der Waals surface area (Å²) in [6, 6.07) is 5.44. The number of aromatic nitrogens is 3. The first kappa shape index (κ1) is 17.5. The van der Waals surface area contributed by atoms with Crippen molar-refractivity contribution in [1.29, 1.82) is 0 Å². The van der Waals surface area contributed by atoms with Crippen molar-refractivity contribution in [3.05, 3.63) is 48.0 Å². The summed E-state index contributed by atoms with van der Waals surface area (Å²) in [4.78, 5) is 17.8. The third kappa shape index (κ3) is 3.27. The minimum absolute atomic E-state index is 0.112. The summed E-state index contributed by atoms with van der Waals surface area (Å²) in [5, 5.41) is 4.35. The van der Waals surface area contributed by atoms with E-state index in [0.29, 0.717) is 36.2 Å². The quantitative estimate of drug-likeness (QED) is 0.700. The average Bonchev–Trinajstić information content (AvgIpc) is 3.18. The molecule has 0 N–H and O–H groups in total. The van der Waals surface area contributed by atoms with Crippen LogP contribution in [-0.2, 0) is 11.3 Å². The molecule has 3 aromatic rings. The van der Waals surface area contributed by atoms with Crippen LogP contribution in [-0.4, -0.2) is 39.2 Å². The number of alkyl halides is 2. The molecule has 3 heterocycles. The second-order valence-corrected chi connectivity index (χ2v) is 6.84. The van der Waals surface area contributed by atoms with Gasteiger partial charge in [0.1, 0.15) is 11.3 Å². The van der Waals surface area contributed by atoms with E-state index in [0.717, 1.165) is 17.6 Å². The van der Waals surface area contributed by atoms with Crippen molar-refractivity contribution in [3.63, 3.8) is 0 Å². The summed E-state index contributed by atoms with van der Waals surface area (Å²) in [6.07, 6.45) is 0.781. The number of carbonyl (C=O) groups is 1. The number of hydrogen-bond donors (Lipinski definition) is 0. The standard InChI is InChI=1S/C19H17F3N4O/c1-25-9-11(4-18(25)27)10-26-17-6-13(7-23-16(17)8-24-26)12-2-3-15(20)14(5-12)19(21)22/h2-3,5-8,11,19H,4,9-10H2,1H3/t11-/m1/s1. The molecular weight excluding hydrogens is 357 g/mol. The van der Waals surface area contributed by atoms with E-state index in [1.54, 1.807) is 35.1 Å². The lowest BCUT2D eigenvalue weighted by Crippen LogP contribution is -2.20. The molecule has 0 bridgehead atoms. The zero-order valence-electron chi connectivity index (χ0n) is 14.6. The van der Waals surface area contributed by atoms with E-state index >= 15 is 0 Å². The number of carbonyl (C=O) groups excluding carboxylic acids is 1. The van der Waals surface area contributed by atoms with Gasteiger partial charge >= 0.3 is 0 Å². The van der Waals surface area contributed by atoms with Gasteiger partial charge in [-0.3, -0.25) is 14.5 Å². The minimum atomic E-state index is -2.89. The number of halogens is 3. The highest BCUT2D eigenvalue weighted by molar-refractivity contribution is 5.81. The Kier molecular flexibility index (Phi) is 4.33. The monoisotopic (exact) mass is 374 g/mol. The molecule has 0 unspecified atom stereocenters. The van der Waals surface area contributed by atoms with Crippen molar-refractivity contribution in [2.24, 2.45) is 5.92 Å². The zero-order chi connectivity index (χ0) is 19.1. The number of nitrogens with zero attached hydrogens (tertiary/aromatic N) is 4. The SMILES string of the molecule is CN1C[C@H](Cn2ncc3ncc(-c4ccc(F)c(C(F)F)c4)cc32)CC1=O. The summed E-state index contributed by atoms with van der Waals surface area (Å²) < 4.78 is 41.3. The van der Waals surface area contributed by atoms with Gasteiger partial charge in [0.15, 0.2) is 0 Å². The molecule has 1 fully saturated rings. The van der Waals surface area contributed by atoms with E-state index in [-0.39, 0.29) is 11.8 Å². The first-order chi connectivity index (χ1) is 12.9. The largest absolute Gasteiger partial charge is 0.345 e. The maximum atomic E-state index is 13.6. The van der Waals surface area contributed by atoms with E-state index < -0.39 is 17.8 Å². The molecule has 2 aromatic heterocycles. The normalized spacial score (nSPS) is 17.4. The van der Waals surface area contributed by atoms with Crippen molar-refractivity contribution >= 4 is 16.9 Å². The minimum Gasteiger partial charge on any atom is -0.345 e. The van der Waals surface area contributed by atoms with Crippen LogP contribution in [0, 0.1) is 11.7 Å². The van der Waals surface area contributed by atoms with Gasteiger partial charge in [0.2, 0.25) is 5.91 Å². The van der Waals surface area contributed by atoms with Crippen LogP contribution in [0.5, 0.6) is 0 Å². The molecule has 0 spiro atoms. The lowest BCUT2D eigenvalue weighted by molar-refractivity contribution is -0.126. The summed E-state index contributed by atoms with van der Waals surface area (Å²) in [6.45, 7) is 1.24. The van der Waals surface area contributed by atoms with Crippen LogP contribution in [0.1, 0.15) is 18.4 Å². The average molecular weight is 374 g/mol. The van der Waals surface area contributed by atoms with E-state index in [2.05, 4.69) is 10.1 Å². The van der Waals surface area contributed by atoms with Crippen molar-refractivity contribution in [2.45, 2.75) is 19.4 Å². The van der Waals surface area contributed by atoms with Crippen LogP contribution in [0.25, 0.3) is 22.2 Å². The highest BCUT2D eigenvalue weighted by Crippen LogP contribution is 2.29. The number of amides is 1. The fraction of sp³-hybridized carbons (Fsp3) is 0.316. The van der Waals surface area contributed by atoms with Crippen LogP contribution >= 0.6 is 0 Å². The molecule has 140 valence electrons. The number of pyridine rings is 1. The molecule has 1 amide bonds. The number of likely N-dealkylation sites (tertiary alicyclic amines) is 1. The van der Waals surface area contributed by atoms with Gasteiger partial charge in [-0.05, 0) is 23.8 Å². The Labute approximate surface area is 153 Å². The molecule has 1 aliphatic rings. The van der Waals surface area contributed by atoms with Crippen LogP contribution in [0.4, 0.5) is 13.2 Å². The third-order valence-corrected chi connectivity index (χ3v) is 4.91. The Morgan fingerprint density at radius 3 is 2.74 bits per heavy atom. The topological polar surface area (TPSA) is 51.0 Å². The van der Waals surface area contributed by atoms with Gasteiger partial charge in [-0.25, -0.2) is 13.2 Å². The molecule has 0 radical (unpaired) electrons. The molecule has 1 aromatic carbocycles. The van der Waals surface area contributed by atoms with Crippen LogP contribution in [0.3, 0.4) is 0 Å². The Morgan fingerprint density at radius 1 is 1.22 bits per heavy atom. The second-order valence-electron chi connectivity index (χ2n) is 6.84. The third-order valence-electron chi connectivity index (χ3n) is 4.91. The molecule has 1 atom stereocenters. The molecular formula is C19H17F3N4O. The number of hydrogen-bond acceptors (Lipinski definition) is 3. The highest BCUT2D eigenvalue weighted by atomic mass is 19.3. The van der Waals surface area contributed by atoms with E-state index in [1.165, 1.54) is 6.07 Å². The molecule has 8 heteroatoms. The predicted molar refractivity (Wildman–Crippen MR) is 93.6 cm³/mol. The lowest BCUT2D eigenvalue weighted by Gasteiger charge is -2.11. The smallest absolute Gasteiger partial charge is 0.266 e. The molecule has 0 aliphatic carbocycles.